The molecule has 1 amide bonds. The van der Waals surface area contributed by atoms with Gasteiger partial charge in [-0.3, -0.25) is 4.79 Å². The van der Waals surface area contributed by atoms with E-state index >= 15 is 0 Å². The summed E-state index contributed by atoms with van der Waals surface area (Å²) in [5.41, 5.74) is 0. The van der Waals surface area contributed by atoms with Crippen LogP contribution in [-0.4, -0.2) is 36.6 Å². The molecule has 142 valence electrons. The molecule has 5 heteroatoms. The van der Waals surface area contributed by atoms with Crippen molar-refractivity contribution in [1.82, 2.24) is 5.32 Å². The molecule has 2 atom stereocenters. The van der Waals surface area contributed by atoms with Gasteiger partial charge in [-0.1, -0.05) is 25.7 Å². The summed E-state index contributed by atoms with van der Waals surface area (Å²) in [4.78, 5) is 12.7. The molecule has 0 saturated heterocycles. The van der Waals surface area contributed by atoms with Gasteiger partial charge in [-0.25, -0.2) is 0 Å². The van der Waals surface area contributed by atoms with Crippen LogP contribution in [0.1, 0.15) is 70.6 Å². The Hall–Kier alpha value is -1.07. The van der Waals surface area contributed by atoms with Crippen LogP contribution in [0.5, 0.6) is 0 Å². The molecule has 1 heterocycles. The van der Waals surface area contributed by atoms with Crippen molar-refractivity contribution in [2.75, 3.05) is 13.2 Å². The number of allylic oxidation sites excluding steroid dienone is 1. The number of rotatable bonds is 8. The maximum atomic E-state index is 12.7. The molecule has 0 spiro atoms. The molecule has 3 aliphatic rings. The van der Waals surface area contributed by atoms with Gasteiger partial charge in [-0.2, -0.15) is 0 Å². The van der Waals surface area contributed by atoms with Gasteiger partial charge in [0.15, 0.2) is 5.76 Å². The molecule has 0 aromatic heterocycles. The fourth-order valence-electron chi connectivity index (χ4n) is 4.07. The second-order valence-corrected chi connectivity index (χ2v) is 7.78. The van der Waals surface area contributed by atoms with E-state index in [1.54, 1.807) is 0 Å². The van der Waals surface area contributed by atoms with Crippen LogP contribution in [0, 0.1) is 11.8 Å². The Labute approximate surface area is 151 Å². The summed E-state index contributed by atoms with van der Waals surface area (Å²) in [6, 6.07) is 0.291. The van der Waals surface area contributed by atoms with Crippen LogP contribution in [-0.2, 0) is 14.3 Å². The van der Waals surface area contributed by atoms with Crippen molar-refractivity contribution in [1.29, 1.82) is 0 Å². The normalized spacial score (nSPS) is 28.0. The fraction of sp³-hybridized carbons (Fsp3) is 0.850. The van der Waals surface area contributed by atoms with Crippen molar-refractivity contribution < 1.29 is 19.4 Å². The molecular weight excluding hydrogens is 318 g/mol. The highest BCUT2D eigenvalue weighted by Crippen LogP contribution is 2.40. The number of carbonyl (C=O) groups is 1. The molecule has 2 aliphatic carbocycles. The molecule has 0 unspecified atom stereocenters. The number of aliphatic hydroxyl groups excluding tert-OH is 1. The number of ether oxygens (including phenoxy) is 2. The Morgan fingerprint density at radius 3 is 2.64 bits per heavy atom. The number of aliphatic hydroxyl groups is 1. The van der Waals surface area contributed by atoms with E-state index in [2.05, 4.69) is 11.4 Å². The van der Waals surface area contributed by atoms with Gasteiger partial charge in [0.1, 0.15) is 0 Å². The molecule has 2 N–H and O–H groups in total. The first-order valence-corrected chi connectivity index (χ1v) is 10.2. The molecule has 1 aliphatic heterocycles. The van der Waals surface area contributed by atoms with Gasteiger partial charge in [0.25, 0.3) is 5.91 Å². The molecule has 2 fully saturated rings. The first-order chi connectivity index (χ1) is 12.3. The third kappa shape index (κ3) is 5.45. The predicted octanol–water partition coefficient (Wildman–Crippen LogP) is 3.27. The molecule has 0 bridgehead atoms. The Morgan fingerprint density at radius 1 is 1.16 bits per heavy atom. The third-order valence-corrected chi connectivity index (χ3v) is 5.86. The molecule has 25 heavy (non-hydrogen) atoms. The lowest BCUT2D eigenvalue weighted by Crippen LogP contribution is -2.40. The summed E-state index contributed by atoms with van der Waals surface area (Å²) in [5.74, 6) is 1.45. The van der Waals surface area contributed by atoms with Crippen molar-refractivity contribution in [3.63, 3.8) is 0 Å². The summed E-state index contributed by atoms with van der Waals surface area (Å²) in [5, 5.41) is 12.0. The highest BCUT2D eigenvalue weighted by molar-refractivity contribution is 5.91. The van der Waals surface area contributed by atoms with Gasteiger partial charge < -0.3 is 19.9 Å². The van der Waals surface area contributed by atoms with Crippen molar-refractivity contribution in [2.24, 2.45) is 11.8 Å². The minimum atomic E-state index is -0.332. The maximum absolute atomic E-state index is 12.7. The van der Waals surface area contributed by atoms with Gasteiger partial charge in [0.2, 0.25) is 6.29 Å². The summed E-state index contributed by atoms with van der Waals surface area (Å²) >= 11 is 0. The van der Waals surface area contributed by atoms with E-state index in [1.807, 2.05) is 0 Å². The zero-order valence-electron chi connectivity index (χ0n) is 15.3. The van der Waals surface area contributed by atoms with Gasteiger partial charge in [0.05, 0.1) is 6.61 Å². The van der Waals surface area contributed by atoms with E-state index < -0.39 is 0 Å². The van der Waals surface area contributed by atoms with E-state index in [1.165, 1.54) is 38.5 Å². The highest BCUT2D eigenvalue weighted by atomic mass is 16.7. The zero-order valence-corrected chi connectivity index (χ0v) is 15.3. The first kappa shape index (κ1) is 18.7. The number of hydrogen-bond acceptors (Lipinski definition) is 4. The largest absolute Gasteiger partial charge is 0.459 e. The Balaban J connectivity index is 1.56. The molecule has 0 aromatic rings. The van der Waals surface area contributed by atoms with E-state index in [0.717, 1.165) is 32.1 Å². The molecule has 2 saturated carbocycles. The fourth-order valence-corrected chi connectivity index (χ4v) is 4.07. The molecular formula is C20H33NO4. The number of hydrogen-bond donors (Lipinski definition) is 2. The van der Waals surface area contributed by atoms with Crippen LogP contribution in [0.25, 0.3) is 0 Å². The number of carbonyl (C=O) groups excluding carboxylic acids is 1. The van der Waals surface area contributed by atoms with E-state index in [9.17, 15) is 4.79 Å². The Morgan fingerprint density at radius 2 is 1.96 bits per heavy atom. The van der Waals surface area contributed by atoms with Crippen LogP contribution >= 0.6 is 0 Å². The summed E-state index contributed by atoms with van der Waals surface area (Å²) in [7, 11) is 0. The lowest BCUT2D eigenvalue weighted by molar-refractivity contribution is -0.152. The Bertz CT molecular complexity index is 455. The van der Waals surface area contributed by atoms with E-state index in [4.69, 9.17) is 14.6 Å². The van der Waals surface area contributed by atoms with Crippen molar-refractivity contribution in [3.05, 3.63) is 11.8 Å². The summed E-state index contributed by atoms with van der Waals surface area (Å²) in [6.07, 6.45) is 13.7. The molecule has 0 aromatic carbocycles. The first-order valence-electron chi connectivity index (χ1n) is 10.2. The monoisotopic (exact) mass is 351 g/mol. The topological polar surface area (TPSA) is 67.8 Å². The van der Waals surface area contributed by atoms with Crippen LogP contribution < -0.4 is 5.32 Å². The Kier molecular flexibility index (Phi) is 7.17. The summed E-state index contributed by atoms with van der Waals surface area (Å²) < 4.78 is 11.7. The zero-order chi connectivity index (χ0) is 17.5. The average Bonchev–Trinajstić information content (AvgIpc) is 2.58. The van der Waals surface area contributed by atoms with Crippen LogP contribution in [0.4, 0.5) is 0 Å². The highest BCUT2D eigenvalue weighted by Gasteiger charge is 2.35. The average molecular weight is 351 g/mol. The van der Waals surface area contributed by atoms with Crippen LogP contribution in [0.3, 0.4) is 0 Å². The SMILES string of the molecule is O=C(NC1CCCCC1)C1=C[C@@H](C2CCC2)C[C@@H](OCCCCO)O1. The van der Waals surface area contributed by atoms with Crippen LogP contribution in [0.15, 0.2) is 11.8 Å². The molecule has 3 rings (SSSR count). The minimum absolute atomic E-state index is 0.0696. The lowest BCUT2D eigenvalue weighted by Gasteiger charge is -2.37. The molecule has 0 radical (unpaired) electrons. The van der Waals surface area contributed by atoms with Gasteiger partial charge in [-0.05, 0) is 56.4 Å². The lowest BCUT2D eigenvalue weighted by atomic mass is 9.73. The predicted molar refractivity (Wildman–Crippen MR) is 95.7 cm³/mol. The van der Waals surface area contributed by atoms with Gasteiger partial charge in [-0.15, -0.1) is 0 Å². The number of nitrogens with one attached hydrogen (secondary N) is 1. The minimum Gasteiger partial charge on any atom is -0.459 e. The second-order valence-electron chi connectivity index (χ2n) is 7.78. The van der Waals surface area contributed by atoms with Crippen molar-refractivity contribution in [3.8, 4) is 0 Å². The number of amides is 1. The van der Waals surface area contributed by atoms with Crippen LogP contribution in [0.2, 0.25) is 0 Å². The quantitative estimate of drug-likeness (QED) is 0.659. The van der Waals surface area contributed by atoms with Crippen molar-refractivity contribution in [2.45, 2.75) is 83.0 Å². The standard InChI is InChI=1S/C20H33NO4/c22-11-4-5-12-24-19-14-16(15-7-6-8-15)13-18(25-19)20(23)21-17-9-2-1-3-10-17/h13,15-17,19,22H,1-12,14H2,(H,21,23)/t16-,19+/m1/s1. The number of unbranched alkanes of at least 4 members (excludes halogenated alkanes) is 1. The smallest absolute Gasteiger partial charge is 0.286 e. The van der Waals surface area contributed by atoms with Gasteiger partial charge in [0, 0.05) is 19.1 Å². The molecule has 5 nitrogen and oxygen atoms in total. The van der Waals surface area contributed by atoms with Crippen molar-refractivity contribution >= 4 is 5.91 Å². The van der Waals surface area contributed by atoms with E-state index in [0.29, 0.717) is 30.2 Å². The second kappa shape index (κ2) is 9.58. The van der Waals surface area contributed by atoms with E-state index in [-0.39, 0.29) is 18.8 Å². The van der Waals surface area contributed by atoms with Gasteiger partial charge >= 0.3 is 0 Å². The summed E-state index contributed by atoms with van der Waals surface area (Å²) in [6.45, 7) is 0.759. The third-order valence-electron chi connectivity index (χ3n) is 5.86. The maximum Gasteiger partial charge on any atom is 0.286 e.